The molecular weight excluding hydrogens is 492 g/mol. The summed E-state index contributed by atoms with van der Waals surface area (Å²) in [7, 11) is 0. The lowest BCUT2D eigenvalue weighted by Crippen LogP contribution is -2.43. The van der Waals surface area contributed by atoms with Gasteiger partial charge in [-0.3, -0.25) is 9.59 Å². The molecule has 3 aromatic rings. The van der Waals surface area contributed by atoms with Crippen molar-refractivity contribution in [2.24, 2.45) is 5.73 Å². The van der Waals surface area contributed by atoms with E-state index >= 15 is 0 Å². The van der Waals surface area contributed by atoms with Crippen LogP contribution < -0.4 is 21.9 Å². The van der Waals surface area contributed by atoms with Crippen molar-refractivity contribution in [3.8, 4) is 11.1 Å². The average Bonchev–Trinajstić information content (AvgIpc) is 2.92. The Bertz CT molecular complexity index is 1310. The second kappa shape index (κ2) is 15.2. The van der Waals surface area contributed by atoms with Gasteiger partial charge in [0.25, 0.3) is 11.5 Å². The highest BCUT2D eigenvalue weighted by molar-refractivity contribution is 5.96. The fraction of sp³-hybridized carbons (Fsp3) is 0.323. The van der Waals surface area contributed by atoms with E-state index in [1.807, 2.05) is 38.1 Å². The molecule has 8 nitrogen and oxygen atoms in total. The number of amides is 1. The van der Waals surface area contributed by atoms with Gasteiger partial charge in [-0.05, 0) is 53.1 Å². The van der Waals surface area contributed by atoms with Crippen LogP contribution in [0.3, 0.4) is 0 Å². The second-order valence-corrected chi connectivity index (χ2v) is 9.25. The molecule has 0 saturated heterocycles. The summed E-state index contributed by atoms with van der Waals surface area (Å²) < 4.78 is 1.46. The maximum absolute atomic E-state index is 13.2. The van der Waals surface area contributed by atoms with Crippen molar-refractivity contribution >= 4 is 11.9 Å². The van der Waals surface area contributed by atoms with E-state index < -0.39 is 23.5 Å². The number of pyridine rings is 1. The zero-order valence-corrected chi connectivity index (χ0v) is 23.2. The number of nitrogens with two attached hydrogens (primary N) is 1. The summed E-state index contributed by atoms with van der Waals surface area (Å²) in [6.45, 7) is 12.5. The first kappa shape index (κ1) is 30.9. The van der Waals surface area contributed by atoms with Gasteiger partial charge in [0.05, 0.1) is 12.4 Å². The fourth-order valence-electron chi connectivity index (χ4n) is 4.05. The first-order valence-electron chi connectivity index (χ1n) is 13.3. The van der Waals surface area contributed by atoms with E-state index in [9.17, 15) is 19.5 Å². The molecule has 1 aromatic heterocycles. The van der Waals surface area contributed by atoms with Crippen molar-refractivity contribution in [3.05, 3.63) is 106 Å². The van der Waals surface area contributed by atoms with Crippen LogP contribution in [0, 0.1) is 0 Å². The predicted octanol–water partition coefficient (Wildman–Crippen LogP) is 4.70. The maximum Gasteiger partial charge on any atom is 0.326 e. The standard InChI is InChI=1S/C29H34N4O4.C2H6/c1-19(2)21-12-14-22(15-13-21)24-9-5-4-8-23(24)18-33-17-7-10-25(28(33)35)27(34)32-26(29(36)37)11-6-16-31-20(3)30;1-2/h4-5,7-10,12-15,17,19,26,31H,3,6,11,16,18,30H2,1-2H3,(H,32,34)(H,36,37);1-2H3. The average molecular weight is 533 g/mol. The minimum atomic E-state index is -1.17. The molecule has 0 aliphatic carbocycles. The number of aromatic nitrogens is 1. The molecule has 0 aliphatic rings. The highest BCUT2D eigenvalue weighted by Crippen LogP contribution is 2.26. The van der Waals surface area contributed by atoms with Gasteiger partial charge in [0.2, 0.25) is 0 Å². The molecule has 0 spiro atoms. The SMILES string of the molecule is C=C(N)NCCCC(NC(=O)c1cccn(Cc2ccccc2-c2ccc(C(C)C)cc2)c1=O)C(=O)O.CC. The number of benzene rings is 2. The van der Waals surface area contributed by atoms with Crippen molar-refractivity contribution in [2.75, 3.05) is 6.54 Å². The van der Waals surface area contributed by atoms with Gasteiger partial charge < -0.3 is 26.0 Å². The summed E-state index contributed by atoms with van der Waals surface area (Å²) in [5, 5.41) is 14.8. The smallest absolute Gasteiger partial charge is 0.326 e. The summed E-state index contributed by atoms with van der Waals surface area (Å²) in [4.78, 5) is 37.7. The van der Waals surface area contributed by atoms with Crippen molar-refractivity contribution in [2.45, 2.75) is 59.0 Å². The highest BCUT2D eigenvalue weighted by atomic mass is 16.4. The number of hydrogen-bond acceptors (Lipinski definition) is 5. The number of carbonyl (C=O) groups is 2. The van der Waals surface area contributed by atoms with Crippen LogP contribution >= 0.6 is 0 Å². The molecule has 1 heterocycles. The minimum Gasteiger partial charge on any atom is -0.480 e. The van der Waals surface area contributed by atoms with Gasteiger partial charge in [0.1, 0.15) is 11.6 Å². The lowest BCUT2D eigenvalue weighted by atomic mass is 9.96. The van der Waals surface area contributed by atoms with Crippen LogP contribution in [0.4, 0.5) is 0 Å². The molecular formula is C31H40N4O4. The lowest BCUT2D eigenvalue weighted by Gasteiger charge is -2.16. The number of aliphatic carboxylic acids is 1. The Labute approximate surface area is 230 Å². The van der Waals surface area contributed by atoms with E-state index in [1.54, 1.807) is 12.3 Å². The Hall–Kier alpha value is -4.33. The molecule has 2 aromatic carbocycles. The molecule has 0 saturated carbocycles. The Balaban J connectivity index is 0.00000260. The van der Waals surface area contributed by atoms with Gasteiger partial charge in [0.15, 0.2) is 0 Å². The molecule has 3 rings (SSSR count). The molecule has 39 heavy (non-hydrogen) atoms. The Morgan fingerprint density at radius 3 is 2.31 bits per heavy atom. The normalized spacial score (nSPS) is 11.2. The van der Waals surface area contributed by atoms with Crippen LogP contribution in [-0.2, 0) is 11.3 Å². The van der Waals surface area contributed by atoms with E-state index in [-0.39, 0.29) is 24.4 Å². The quantitative estimate of drug-likeness (QED) is 0.251. The number of carboxylic acids is 1. The van der Waals surface area contributed by atoms with E-state index in [1.165, 1.54) is 16.2 Å². The van der Waals surface area contributed by atoms with Crippen molar-refractivity contribution < 1.29 is 14.7 Å². The third-order valence-corrected chi connectivity index (χ3v) is 6.14. The van der Waals surface area contributed by atoms with E-state index in [0.717, 1.165) is 16.7 Å². The molecule has 1 amide bonds. The van der Waals surface area contributed by atoms with Gasteiger partial charge in [-0.15, -0.1) is 0 Å². The summed E-state index contributed by atoms with van der Waals surface area (Å²) in [5.74, 6) is -1.18. The monoisotopic (exact) mass is 532 g/mol. The molecule has 0 bridgehead atoms. The molecule has 5 N–H and O–H groups in total. The minimum absolute atomic E-state index is 0.110. The van der Waals surface area contributed by atoms with E-state index in [4.69, 9.17) is 5.73 Å². The maximum atomic E-state index is 13.2. The highest BCUT2D eigenvalue weighted by Gasteiger charge is 2.22. The Kier molecular flexibility index (Phi) is 12.0. The third kappa shape index (κ3) is 8.88. The van der Waals surface area contributed by atoms with Gasteiger partial charge in [-0.25, -0.2) is 4.79 Å². The number of carbonyl (C=O) groups excluding carboxylic acids is 1. The summed E-state index contributed by atoms with van der Waals surface area (Å²) in [6.07, 6.45) is 2.24. The van der Waals surface area contributed by atoms with Crippen LogP contribution in [0.25, 0.3) is 11.1 Å². The molecule has 1 atom stereocenters. The van der Waals surface area contributed by atoms with Crippen LogP contribution in [0.5, 0.6) is 0 Å². The number of carboxylic acid groups (broad SMARTS) is 1. The zero-order chi connectivity index (χ0) is 28.9. The van der Waals surface area contributed by atoms with Crippen molar-refractivity contribution in [3.63, 3.8) is 0 Å². The van der Waals surface area contributed by atoms with Crippen molar-refractivity contribution in [1.29, 1.82) is 0 Å². The number of hydrogen-bond donors (Lipinski definition) is 4. The lowest BCUT2D eigenvalue weighted by molar-refractivity contribution is -0.139. The van der Waals surface area contributed by atoms with Gasteiger partial charge in [0, 0.05) is 12.7 Å². The topological polar surface area (TPSA) is 126 Å². The largest absolute Gasteiger partial charge is 0.480 e. The molecule has 8 heteroatoms. The van der Waals surface area contributed by atoms with Gasteiger partial charge in [-0.1, -0.05) is 82.8 Å². The molecule has 0 aliphatic heterocycles. The first-order chi connectivity index (χ1) is 18.7. The molecule has 0 radical (unpaired) electrons. The predicted molar refractivity (Wildman–Crippen MR) is 157 cm³/mol. The van der Waals surface area contributed by atoms with E-state index in [2.05, 4.69) is 55.3 Å². The van der Waals surface area contributed by atoms with Crippen LogP contribution in [0.2, 0.25) is 0 Å². The number of nitrogens with one attached hydrogen (secondary N) is 2. The van der Waals surface area contributed by atoms with Crippen molar-refractivity contribution in [1.82, 2.24) is 15.2 Å². The summed E-state index contributed by atoms with van der Waals surface area (Å²) >= 11 is 0. The number of nitrogens with zero attached hydrogens (tertiary/aromatic N) is 1. The number of rotatable bonds is 12. The van der Waals surface area contributed by atoms with Crippen LogP contribution in [-0.4, -0.2) is 34.1 Å². The molecule has 0 fully saturated rings. The Morgan fingerprint density at radius 2 is 1.69 bits per heavy atom. The zero-order valence-electron chi connectivity index (χ0n) is 23.2. The summed E-state index contributed by atoms with van der Waals surface area (Å²) in [6, 6.07) is 18.1. The summed E-state index contributed by atoms with van der Waals surface area (Å²) in [5.41, 5.74) is 9.06. The van der Waals surface area contributed by atoms with Gasteiger partial charge >= 0.3 is 5.97 Å². The van der Waals surface area contributed by atoms with Crippen LogP contribution in [0.1, 0.15) is 67.9 Å². The second-order valence-electron chi connectivity index (χ2n) is 9.25. The fourth-order valence-corrected chi connectivity index (χ4v) is 4.05. The van der Waals surface area contributed by atoms with Gasteiger partial charge in [-0.2, -0.15) is 0 Å². The van der Waals surface area contributed by atoms with E-state index in [0.29, 0.717) is 18.9 Å². The third-order valence-electron chi connectivity index (χ3n) is 6.14. The first-order valence-corrected chi connectivity index (χ1v) is 13.3. The molecule has 208 valence electrons. The molecule has 1 unspecified atom stereocenters. The van der Waals surface area contributed by atoms with Crippen LogP contribution in [0.15, 0.2) is 84.1 Å². The Morgan fingerprint density at radius 1 is 1.03 bits per heavy atom.